The van der Waals surface area contributed by atoms with E-state index in [1.807, 2.05) is 0 Å². The first-order valence-corrected chi connectivity index (χ1v) is 5.71. The maximum atomic E-state index is 3.46. The van der Waals surface area contributed by atoms with Crippen LogP contribution in [0.1, 0.15) is 20.3 Å². The summed E-state index contributed by atoms with van der Waals surface area (Å²) in [6.45, 7) is 9.16. The highest BCUT2D eigenvalue weighted by molar-refractivity contribution is 4.80. The molecule has 1 heterocycles. The molecule has 0 amide bonds. The first-order chi connectivity index (χ1) is 6.59. The van der Waals surface area contributed by atoms with Gasteiger partial charge < -0.3 is 15.1 Å². The van der Waals surface area contributed by atoms with Crippen LogP contribution >= 0.6 is 0 Å². The Morgan fingerprint density at radius 3 is 2.71 bits per heavy atom. The molecule has 1 rings (SSSR count). The molecule has 14 heavy (non-hydrogen) atoms. The number of hydrogen-bond acceptors (Lipinski definition) is 3. The molecule has 0 aromatic carbocycles. The van der Waals surface area contributed by atoms with Gasteiger partial charge in [-0.15, -0.1) is 0 Å². The van der Waals surface area contributed by atoms with Crippen molar-refractivity contribution in [2.75, 3.05) is 40.3 Å². The van der Waals surface area contributed by atoms with E-state index in [1.165, 1.54) is 19.5 Å². The summed E-state index contributed by atoms with van der Waals surface area (Å²) in [5.41, 5.74) is 0. The van der Waals surface area contributed by atoms with Crippen molar-refractivity contribution in [2.45, 2.75) is 32.4 Å². The second-order valence-electron chi connectivity index (χ2n) is 4.79. The number of likely N-dealkylation sites (N-methyl/N-ethyl adjacent to an activating group) is 2. The summed E-state index contributed by atoms with van der Waals surface area (Å²) in [6.07, 6.45) is 1.33. The van der Waals surface area contributed by atoms with Crippen molar-refractivity contribution in [1.82, 2.24) is 15.1 Å². The van der Waals surface area contributed by atoms with Gasteiger partial charge in [-0.05, 0) is 27.1 Å². The molecule has 0 saturated carbocycles. The zero-order valence-corrected chi connectivity index (χ0v) is 10.1. The average molecular weight is 199 g/mol. The standard InChI is InChI=1S/C11H25N3/c1-10(2)12-6-8-14(4)11-5-7-13(3)9-11/h10-12H,5-9H2,1-4H3. The number of nitrogens with one attached hydrogen (secondary N) is 1. The van der Waals surface area contributed by atoms with E-state index in [-0.39, 0.29) is 0 Å². The smallest absolute Gasteiger partial charge is 0.0232 e. The Kier molecular flexibility index (Phi) is 4.85. The highest BCUT2D eigenvalue weighted by Gasteiger charge is 2.22. The Labute approximate surface area is 88.5 Å². The van der Waals surface area contributed by atoms with E-state index >= 15 is 0 Å². The molecule has 0 aromatic heterocycles. The summed E-state index contributed by atoms with van der Waals surface area (Å²) in [7, 11) is 4.45. The van der Waals surface area contributed by atoms with Crippen LogP contribution in [0.25, 0.3) is 0 Å². The van der Waals surface area contributed by atoms with E-state index in [0.717, 1.165) is 19.1 Å². The summed E-state index contributed by atoms with van der Waals surface area (Å²) in [5, 5.41) is 3.46. The van der Waals surface area contributed by atoms with Crippen LogP contribution in [-0.4, -0.2) is 62.2 Å². The van der Waals surface area contributed by atoms with Crippen LogP contribution in [0.15, 0.2) is 0 Å². The van der Waals surface area contributed by atoms with Gasteiger partial charge in [0.1, 0.15) is 0 Å². The van der Waals surface area contributed by atoms with Crippen LogP contribution in [0.3, 0.4) is 0 Å². The third-order valence-electron chi connectivity index (χ3n) is 3.01. The zero-order valence-electron chi connectivity index (χ0n) is 10.1. The third kappa shape index (κ3) is 3.95. The highest BCUT2D eigenvalue weighted by atomic mass is 15.2. The summed E-state index contributed by atoms with van der Waals surface area (Å²) < 4.78 is 0. The largest absolute Gasteiger partial charge is 0.313 e. The maximum Gasteiger partial charge on any atom is 0.0232 e. The second-order valence-corrected chi connectivity index (χ2v) is 4.79. The molecule has 84 valence electrons. The minimum absolute atomic E-state index is 0.606. The molecule has 1 fully saturated rings. The van der Waals surface area contributed by atoms with Gasteiger partial charge in [0, 0.05) is 31.7 Å². The van der Waals surface area contributed by atoms with Crippen LogP contribution in [0, 0.1) is 0 Å². The lowest BCUT2D eigenvalue weighted by Gasteiger charge is -2.24. The minimum Gasteiger partial charge on any atom is -0.313 e. The van der Waals surface area contributed by atoms with Gasteiger partial charge in [0.2, 0.25) is 0 Å². The van der Waals surface area contributed by atoms with Crippen molar-refractivity contribution >= 4 is 0 Å². The van der Waals surface area contributed by atoms with Crippen molar-refractivity contribution < 1.29 is 0 Å². The molecule has 0 aromatic rings. The van der Waals surface area contributed by atoms with Crippen molar-refractivity contribution in [3.63, 3.8) is 0 Å². The quantitative estimate of drug-likeness (QED) is 0.700. The lowest BCUT2D eigenvalue weighted by molar-refractivity contribution is 0.240. The third-order valence-corrected chi connectivity index (χ3v) is 3.01. The Bertz CT molecular complexity index is 159. The van der Waals surface area contributed by atoms with Crippen LogP contribution in [0.5, 0.6) is 0 Å². The highest BCUT2D eigenvalue weighted by Crippen LogP contribution is 2.11. The van der Waals surface area contributed by atoms with Gasteiger partial charge in [-0.3, -0.25) is 0 Å². The molecule has 1 aliphatic heterocycles. The molecular weight excluding hydrogens is 174 g/mol. The molecule has 0 radical (unpaired) electrons. The van der Waals surface area contributed by atoms with Crippen LogP contribution in [0.4, 0.5) is 0 Å². The number of nitrogens with zero attached hydrogens (tertiary/aromatic N) is 2. The summed E-state index contributed by atoms with van der Waals surface area (Å²) in [5.74, 6) is 0. The van der Waals surface area contributed by atoms with Crippen LogP contribution in [-0.2, 0) is 0 Å². The molecular formula is C11H25N3. The predicted octanol–water partition coefficient (Wildman–Crippen LogP) is 0.620. The van der Waals surface area contributed by atoms with Crippen LogP contribution < -0.4 is 5.32 Å². The van der Waals surface area contributed by atoms with E-state index in [0.29, 0.717) is 6.04 Å². The Morgan fingerprint density at radius 2 is 2.21 bits per heavy atom. The fraction of sp³-hybridized carbons (Fsp3) is 1.00. The zero-order chi connectivity index (χ0) is 10.6. The van der Waals surface area contributed by atoms with E-state index < -0.39 is 0 Å². The van der Waals surface area contributed by atoms with E-state index in [2.05, 4.69) is 43.1 Å². The first-order valence-electron chi connectivity index (χ1n) is 5.71. The molecule has 1 atom stereocenters. The predicted molar refractivity (Wildman–Crippen MR) is 61.7 cm³/mol. The minimum atomic E-state index is 0.606. The lowest BCUT2D eigenvalue weighted by Crippen LogP contribution is -2.39. The molecule has 1 saturated heterocycles. The lowest BCUT2D eigenvalue weighted by atomic mass is 10.2. The molecule has 0 spiro atoms. The Hall–Kier alpha value is -0.120. The molecule has 0 bridgehead atoms. The molecule has 3 heteroatoms. The maximum absolute atomic E-state index is 3.46. The molecule has 1 N–H and O–H groups in total. The van der Waals surface area contributed by atoms with Gasteiger partial charge >= 0.3 is 0 Å². The average Bonchev–Trinajstić information content (AvgIpc) is 2.51. The normalized spacial score (nSPS) is 24.0. The fourth-order valence-corrected chi connectivity index (χ4v) is 1.98. The number of hydrogen-bond donors (Lipinski definition) is 1. The number of likely N-dealkylation sites (tertiary alicyclic amines) is 1. The molecule has 1 unspecified atom stereocenters. The Balaban J connectivity index is 2.12. The SMILES string of the molecule is CC(C)NCCN(C)C1CCN(C)C1. The van der Waals surface area contributed by atoms with E-state index in [4.69, 9.17) is 0 Å². The summed E-state index contributed by atoms with van der Waals surface area (Å²) in [6, 6.07) is 1.38. The first kappa shape index (κ1) is 12.0. The summed E-state index contributed by atoms with van der Waals surface area (Å²) >= 11 is 0. The van der Waals surface area contributed by atoms with Gasteiger partial charge in [0.15, 0.2) is 0 Å². The topological polar surface area (TPSA) is 18.5 Å². The monoisotopic (exact) mass is 199 g/mol. The second kappa shape index (κ2) is 5.69. The van der Waals surface area contributed by atoms with Crippen LogP contribution in [0.2, 0.25) is 0 Å². The van der Waals surface area contributed by atoms with Crippen molar-refractivity contribution in [3.05, 3.63) is 0 Å². The molecule has 3 nitrogen and oxygen atoms in total. The van der Waals surface area contributed by atoms with Crippen molar-refractivity contribution in [2.24, 2.45) is 0 Å². The molecule has 0 aliphatic carbocycles. The van der Waals surface area contributed by atoms with Crippen molar-refractivity contribution in [1.29, 1.82) is 0 Å². The van der Waals surface area contributed by atoms with Gasteiger partial charge in [-0.1, -0.05) is 13.8 Å². The van der Waals surface area contributed by atoms with Gasteiger partial charge in [0.05, 0.1) is 0 Å². The van der Waals surface area contributed by atoms with E-state index in [9.17, 15) is 0 Å². The number of rotatable bonds is 5. The summed E-state index contributed by atoms with van der Waals surface area (Å²) in [4.78, 5) is 4.90. The fourth-order valence-electron chi connectivity index (χ4n) is 1.98. The van der Waals surface area contributed by atoms with Gasteiger partial charge in [-0.25, -0.2) is 0 Å². The van der Waals surface area contributed by atoms with Gasteiger partial charge in [0.25, 0.3) is 0 Å². The van der Waals surface area contributed by atoms with Gasteiger partial charge in [-0.2, -0.15) is 0 Å². The molecule has 1 aliphatic rings. The Morgan fingerprint density at radius 1 is 1.50 bits per heavy atom. The van der Waals surface area contributed by atoms with E-state index in [1.54, 1.807) is 0 Å². The van der Waals surface area contributed by atoms with Crippen molar-refractivity contribution in [3.8, 4) is 0 Å².